The lowest BCUT2D eigenvalue weighted by molar-refractivity contribution is 0.0329. The molecule has 2 aromatic heterocycles. The fraction of sp³-hybridized carbons (Fsp3) is 0.304. The van der Waals surface area contributed by atoms with Crippen LogP contribution >= 0.6 is 22.7 Å². The molecule has 4 aromatic rings. The van der Waals surface area contributed by atoms with E-state index in [0.29, 0.717) is 22.1 Å². The molecule has 0 bridgehead atoms. The molecular weight excluding hydrogens is 462 g/mol. The Morgan fingerprint density at radius 2 is 1.36 bits per heavy atom. The number of nitrogens with zero attached hydrogens (tertiary/aromatic N) is 4. The summed E-state index contributed by atoms with van der Waals surface area (Å²) in [6.07, 6.45) is 1.87. The number of hydrogen-bond acceptors (Lipinski definition) is 8. The zero-order valence-electron chi connectivity index (χ0n) is 18.0. The van der Waals surface area contributed by atoms with Gasteiger partial charge in [-0.25, -0.2) is 8.78 Å². The third kappa shape index (κ3) is 4.72. The lowest BCUT2D eigenvalue weighted by Crippen LogP contribution is -2.44. The van der Waals surface area contributed by atoms with Gasteiger partial charge in [0.15, 0.2) is 0 Å². The van der Waals surface area contributed by atoms with Crippen molar-refractivity contribution in [2.24, 2.45) is 11.3 Å². The summed E-state index contributed by atoms with van der Waals surface area (Å²) in [4.78, 5) is 0. The molecule has 1 aliphatic rings. The van der Waals surface area contributed by atoms with Crippen LogP contribution < -0.4 is 10.6 Å². The van der Waals surface area contributed by atoms with Gasteiger partial charge in [-0.1, -0.05) is 36.5 Å². The first-order valence-corrected chi connectivity index (χ1v) is 12.2. The molecule has 2 unspecified atom stereocenters. The van der Waals surface area contributed by atoms with E-state index in [1.54, 1.807) is 35.6 Å². The highest BCUT2D eigenvalue weighted by Crippen LogP contribution is 2.58. The number of aromatic nitrogens is 4. The SMILES string of the molecule is CC1(C)C(Cc2nnc(Nc3ccc(F)cc3)s2)CC1c1nnc(Nc2ccc(F)cc2)s1. The van der Waals surface area contributed by atoms with E-state index in [-0.39, 0.29) is 17.0 Å². The van der Waals surface area contributed by atoms with Crippen LogP contribution in [0.1, 0.15) is 36.2 Å². The van der Waals surface area contributed by atoms with Crippen LogP contribution in [0.15, 0.2) is 48.5 Å². The molecule has 1 fully saturated rings. The van der Waals surface area contributed by atoms with Crippen molar-refractivity contribution < 1.29 is 8.78 Å². The van der Waals surface area contributed by atoms with E-state index in [1.165, 1.54) is 35.6 Å². The second-order valence-corrected chi connectivity index (χ2v) is 10.8. The summed E-state index contributed by atoms with van der Waals surface area (Å²) in [6, 6.07) is 12.4. The standard InChI is InChI=1S/C23H22F2N6S2/c1-23(2)13(12-19-28-30-21(32-19)26-16-7-3-14(24)4-8-16)11-18(23)20-29-31-22(33-20)27-17-9-5-15(25)6-10-17/h3-10,13,18H,11-12H2,1-2H3,(H,26,30)(H,27,31). The molecular formula is C23H22F2N6S2. The fourth-order valence-corrected chi connectivity index (χ4v) is 6.03. The normalized spacial score (nSPS) is 19.2. The Bertz CT molecular complexity index is 1240. The van der Waals surface area contributed by atoms with E-state index >= 15 is 0 Å². The Hall–Kier alpha value is -2.98. The fourth-order valence-electron chi connectivity index (χ4n) is 4.12. The number of halogens is 2. The van der Waals surface area contributed by atoms with Gasteiger partial charge in [0, 0.05) is 23.7 Å². The minimum absolute atomic E-state index is 0.0584. The predicted molar refractivity (Wildman–Crippen MR) is 128 cm³/mol. The molecule has 0 radical (unpaired) electrons. The van der Waals surface area contributed by atoms with Crippen LogP contribution in [0.4, 0.5) is 30.4 Å². The van der Waals surface area contributed by atoms with E-state index in [2.05, 4.69) is 44.9 Å². The number of nitrogens with one attached hydrogen (secondary N) is 2. The maximum atomic E-state index is 13.1. The highest BCUT2D eigenvalue weighted by Gasteiger charge is 2.50. The Balaban J connectivity index is 1.19. The lowest BCUT2D eigenvalue weighted by atomic mass is 9.54. The van der Waals surface area contributed by atoms with Crippen LogP contribution in [-0.2, 0) is 6.42 Å². The molecule has 2 atom stereocenters. The smallest absolute Gasteiger partial charge is 0.210 e. The summed E-state index contributed by atoms with van der Waals surface area (Å²) in [5.74, 6) is 0.253. The molecule has 0 spiro atoms. The van der Waals surface area contributed by atoms with Gasteiger partial charge in [-0.2, -0.15) is 0 Å². The molecule has 5 rings (SSSR count). The molecule has 2 N–H and O–H groups in total. The van der Waals surface area contributed by atoms with E-state index in [0.717, 1.165) is 34.2 Å². The van der Waals surface area contributed by atoms with Crippen molar-refractivity contribution in [3.63, 3.8) is 0 Å². The molecule has 0 aliphatic heterocycles. The predicted octanol–water partition coefficient (Wildman–Crippen LogP) is 6.53. The van der Waals surface area contributed by atoms with Gasteiger partial charge < -0.3 is 10.6 Å². The first kappa shape index (κ1) is 21.8. The van der Waals surface area contributed by atoms with Gasteiger partial charge in [-0.05, 0) is 66.3 Å². The van der Waals surface area contributed by atoms with Gasteiger partial charge >= 0.3 is 0 Å². The van der Waals surface area contributed by atoms with Crippen LogP contribution in [-0.4, -0.2) is 20.4 Å². The largest absolute Gasteiger partial charge is 0.330 e. The van der Waals surface area contributed by atoms with Crippen molar-refractivity contribution in [2.75, 3.05) is 10.6 Å². The van der Waals surface area contributed by atoms with Gasteiger partial charge in [0.05, 0.1) is 0 Å². The number of rotatable bonds is 7. The molecule has 2 heterocycles. The molecule has 6 nitrogen and oxygen atoms in total. The first-order valence-electron chi connectivity index (χ1n) is 10.6. The van der Waals surface area contributed by atoms with Crippen molar-refractivity contribution >= 4 is 44.3 Å². The van der Waals surface area contributed by atoms with Gasteiger partial charge in [-0.15, -0.1) is 20.4 Å². The number of benzene rings is 2. The minimum atomic E-state index is -0.269. The lowest BCUT2D eigenvalue weighted by Gasteiger charge is -2.51. The summed E-state index contributed by atoms with van der Waals surface area (Å²) >= 11 is 3.07. The monoisotopic (exact) mass is 484 g/mol. The van der Waals surface area contributed by atoms with Crippen molar-refractivity contribution in [3.8, 4) is 0 Å². The van der Waals surface area contributed by atoms with Gasteiger partial charge in [-0.3, -0.25) is 0 Å². The number of anilines is 4. The molecule has 33 heavy (non-hydrogen) atoms. The second kappa shape index (κ2) is 8.75. The maximum Gasteiger partial charge on any atom is 0.210 e. The van der Waals surface area contributed by atoms with Crippen molar-refractivity contribution in [1.29, 1.82) is 0 Å². The zero-order chi connectivity index (χ0) is 23.0. The molecule has 0 saturated heterocycles. The Morgan fingerprint density at radius 3 is 1.94 bits per heavy atom. The average Bonchev–Trinajstić information content (AvgIpc) is 3.43. The Morgan fingerprint density at radius 1 is 0.818 bits per heavy atom. The first-order chi connectivity index (χ1) is 15.9. The van der Waals surface area contributed by atoms with Crippen LogP contribution in [0, 0.1) is 23.0 Å². The van der Waals surface area contributed by atoms with Crippen LogP contribution in [0.3, 0.4) is 0 Å². The van der Waals surface area contributed by atoms with Gasteiger partial charge in [0.1, 0.15) is 21.6 Å². The molecule has 1 aliphatic carbocycles. The van der Waals surface area contributed by atoms with Crippen LogP contribution in [0.2, 0.25) is 0 Å². The van der Waals surface area contributed by atoms with Gasteiger partial charge in [0.2, 0.25) is 10.3 Å². The summed E-state index contributed by atoms with van der Waals surface area (Å²) in [6.45, 7) is 4.53. The highest BCUT2D eigenvalue weighted by molar-refractivity contribution is 7.15. The van der Waals surface area contributed by atoms with Crippen LogP contribution in [0.5, 0.6) is 0 Å². The van der Waals surface area contributed by atoms with Crippen molar-refractivity contribution in [2.45, 2.75) is 32.6 Å². The minimum Gasteiger partial charge on any atom is -0.330 e. The average molecular weight is 485 g/mol. The zero-order valence-corrected chi connectivity index (χ0v) is 19.7. The third-order valence-corrected chi connectivity index (χ3v) is 8.10. The topological polar surface area (TPSA) is 75.6 Å². The molecule has 1 saturated carbocycles. The van der Waals surface area contributed by atoms with Crippen molar-refractivity contribution in [3.05, 3.63) is 70.2 Å². The quantitative estimate of drug-likeness (QED) is 0.311. The maximum absolute atomic E-state index is 13.1. The number of hydrogen-bond donors (Lipinski definition) is 2. The molecule has 0 amide bonds. The van der Waals surface area contributed by atoms with Crippen molar-refractivity contribution in [1.82, 2.24) is 20.4 Å². The Kier molecular flexibility index (Phi) is 5.79. The second-order valence-electron chi connectivity index (χ2n) is 8.72. The van der Waals surface area contributed by atoms with E-state index < -0.39 is 0 Å². The molecule has 170 valence electrons. The summed E-state index contributed by atoms with van der Waals surface area (Å²) in [5, 5.41) is 27.0. The molecule has 2 aromatic carbocycles. The third-order valence-electron chi connectivity index (χ3n) is 6.29. The summed E-state index contributed by atoms with van der Waals surface area (Å²) < 4.78 is 26.2. The highest BCUT2D eigenvalue weighted by atomic mass is 32.1. The Labute approximate surface area is 198 Å². The van der Waals surface area contributed by atoms with Gasteiger partial charge in [0.25, 0.3) is 0 Å². The molecule has 10 heteroatoms. The summed E-state index contributed by atoms with van der Waals surface area (Å²) in [5.41, 5.74) is 1.62. The summed E-state index contributed by atoms with van der Waals surface area (Å²) in [7, 11) is 0. The van der Waals surface area contributed by atoms with E-state index in [9.17, 15) is 8.78 Å². The van der Waals surface area contributed by atoms with E-state index in [4.69, 9.17) is 0 Å². The van der Waals surface area contributed by atoms with Crippen LogP contribution in [0.25, 0.3) is 0 Å². The van der Waals surface area contributed by atoms with E-state index in [1.807, 2.05) is 0 Å².